The van der Waals surface area contributed by atoms with E-state index >= 15 is 0 Å². The van der Waals surface area contributed by atoms with E-state index in [-0.39, 0.29) is 0 Å². The second-order valence-electron chi connectivity index (χ2n) is 4.46. The molecule has 1 aliphatic heterocycles. The number of aromatic nitrogens is 2. The topological polar surface area (TPSA) is 70.3 Å². The third kappa shape index (κ3) is 2.37. The second-order valence-corrected chi connectivity index (χ2v) is 4.46. The molecule has 1 aliphatic rings. The fourth-order valence-electron chi connectivity index (χ4n) is 2.20. The summed E-state index contributed by atoms with van der Waals surface area (Å²) < 4.78 is 10.6. The van der Waals surface area contributed by atoms with Gasteiger partial charge in [0.1, 0.15) is 11.6 Å². The van der Waals surface area contributed by atoms with Crippen molar-refractivity contribution >= 4 is 5.82 Å². The fraction of sp³-hybridized carbons (Fsp3) is 0.286. The summed E-state index contributed by atoms with van der Waals surface area (Å²) in [6.07, 6.45) is 0.927. The number of ether oxygens (including phenoxy) is 2. The van der Waals surface area contributed by atoms with Crippen LogP contribution >= 0.6 is 0 Å². The number of anilines is 1. The summed E-state index contributed by atoms with van der Waals surface area (Å²) in [4.78, 5) is 8.74. The number of hydrogen-bond donors (Lipinski definition) is 1. The number of nitrogen functional groups attached to an aromatic ring is 1. The molecular formula is C14H15N3O2. The van der Waals surface area contributed by atoms with Gasteiger partial charge in [-0.2, -0.15) is 0 Å². The van der Waals surface area contributed by atoms with Gasteiger partial charge in [-0.05, 0) is 23.8 Å². The Morgan fingerprint density at radius 2 is 2.21 bits per heavy atom. The van der Waals surface area contributed by atoms with Gasteiger partial charge >= 0.3 is 0 Å². The SMILES string of the molecule is COCc1cc(N)nc(-c2ccc3c(c2)CCO3)n1. The first kappa shape index (κ1) is 11.9. The molecule has 5 nitrogen and oxygen atoms in total. The third-order valence-electron chi connectivity index (χ3n) is 3.04. The van der Waals surface area contributed by atoms with Crippen molar-refractivity contribution in [2.45, 2.75) is 13.0 Å². The predicted octanol–water partition coefficient (Wildman–Crippen LogP) is 1.81. The van der Waals surface area contributed by atoms with Gasteiger partial charge in [-0.15, -0.1) is 0 Å². The van der Waals surface area contributed by atoms with Gasteiger partial charge in [0.2, 0.25) is 0 Å². The van der Waals surface area contributed by atoms with Crippen molar-refractivity contribution in [1.82, 2.24) is 9.97 Å². The largest absolute Gasteiger partial charge is 0.493 e. The van der Waals surface area contributed by atoms with E-state index in [9.17, 15) is 0 Å². The lowest BCUT2D eigenvalue weighted by Gasteiger charge is -2.06. The van der Waals surface area contributed by atoms with Crippen LogP contribution in [0.15, 0.2) is 24.3 Å². The van der Waals surface area contributed by atoms with Crippen LogP contribution in [0.25, 0.3) is 11.4 Å². The minimum absolute atomic E-state index is 0.424. The van der Waals surface area contributed by atoms with Crippen LogP contribution in [0.3, 0.4) is 0 Å². The van der Waals surface area contributed by atoms with Crippen molar-refractivity contribution in [1.29, 1.82) is 0 Å². The van der Waals surface area contributed by atoms with E-state index in [0.29, 0.717) is 18.2 Å². The number of hydrogen-bond acceptors (Lipinski definition) is 5. The Balaban J connectivity index is 2.01. The number of methoxy groups -OCH3 is 1. The number of nitrogens with two attached hydrogens (primary N) is 1. The molecule has 5 heteroatoms. The fourth-order valence-corrected chi connectivity index (χ4v) is 2.20. The summed E-state index contributed by atoms with van der Waals surface area (Å²) >= 11 is 0. The molecule has 0 atom stereocenters. The molecule has 2 aromatic rings. The first-order valence-electron chi connectivity index (χ1n) is 6.15. The van der Waals surface area contributed by atoms with E-state index in [1.165, 1.54) is 5.56 Å². The Bertz CT molecular complexity index is 614. The maximum Gasteiger partial charge on any atom is 0.161 e. The van der Waals surface area contributed by atoms with E-state index in [1.54, 1.807) is 13.2 Å². The van der Waals surface area contributed by atoms with Crippen LogP contribution in [-0.4, -0.2) is 23.7 Å². The van der Waals surface area contributed by atoms with Crippen molar-refractivity contribution in [2.24, 2.45) is 0 Å². The molecule has 0 unspecified atom stereocenters. The molecule has 19 heavy (non-hydrogen) atoms. The van der Waals surface area contributed by atoms with Crippen molar-refractivity contribution in [3.63, 3.8) is 0 Å². The molecule has 0 fully saturated rings. The molecule has 0 amide bonds. The Hall–Kier alpha value is -2.14. The summed E-state index contributed by atoms with van der Waals surface area (Å²) in [5, 5.41) is 0. The molecular weight excluding hydrogens is 242 g/mol. The normalized spacial score (nSPS) is 13.1. The Morgan fingerprint density at radius 3 is 3.05 bits per heavy atom. The zero-order chi connectivity index (χ0) is 13.2. The lowest BCUT2D eigenvalue weighted by atomic mass is 10.1. The smallest absolute Gasteiger partial charge is 0.161 e. The summed E-state index contributed by atoms with van der Waals surface area (Å²) in [7, 11) is 1.63. The summed E-state index contributed by atoms with van der Waals surface area (Å²) in [6.45, 7) is 1.17. The maximum absolute atomic E-state index is 5.81. The molecule has 0 radical (unpaired) electrons. The zero-order valence-electron chi connectivity index (χ0n) is 10.7. The van der Waals surface area contributed by atoms with Crippen LogP contribution in [0.2, 0.25) is 0 Å². The minimum atomic E-state index is 0.424. The predicted molar refractivity (Wildman–Crippen MR) is 71.8 cm³/mol. The van der Waals surface area contributed by atoms with Gasteiger partial charge in [0, 0.05) is 25.2 Å². The molecule has 0 saturated carbocycles. The van der Waals surface area contributed by atoms with Crippen LogP contribution in [0.1, 0.15) is 11.3 Å². The van der Waals surface area contributed by atoms with E-state index in [1.807, 2.05) is 12.1 Å². The van der Waals surface area contributed by atoms with Gasteiger partial charge in [0.15, 0.2) is 5.82 Å². The Kier molecular flexibility index (Phi) is 3.05. The van der Waals surface area contributed by atoms with Crippen molar-refractivity contribution < 1.29 is 9.47 Å². The standard InChI is InChI=1S/C14H15N3O2/c1-18-8-11-7-13(15)17-14(16-11)10-2-3-12-9(6-10)4-5-19-12/h2-3,6-7H,4-5,8H2,1H3,(H2,15,16,17). The summed E-state index contributed by atoms with van der Waals surface area (Å²) in [6, 6.07) is 7.70. The van der Waals surface area contributed by atoms with E-state index < -0.39 is 0 Å². The highest BCUT2D eigenvalue weighted by molar-refractivity contribution is 5.61. The average Bonchev–Trinajstić information content (AvgIpc) is 2.85. The molecule has 0 aliphatic carbocycles. The van der Waals surface area contributed by atoms with E-state index in [0.717, 1.165) is 30.0 Å². The maximum atomic E-state index is 5.81. The first-order valence-corrected chi connectivity index (χ1v) is 6.15. The highest BCUT2D eigenvalue weighted by Crippen LogP contribution is 2.29. The second kappa shape index (κ2) is 4.85. The number of benzene rings is 1. The lowest BCUT2D eigenvalue weighted by Crippen LogP contribution is -2.01. The third-order valence-corrected chi connectivity index (χ3v) is 3.04. The summed E-state index contributed by atoms with van der Waals surface area (Å²) in [5.41, 5.74) is 8.73. The van der Waals surface area contributed by atoms with Crippen LogP contribution in [0.4, 0.5) is 5.82 Å². The van der Waals surface area contributed by atoms with Gasteiger partial charge in [-0.3, -0.25) is 0 Å². The van der Waals surface area contributed by atoms with Gasteiger partial charge in [0.25, 0.3) is 0 Å². The van der Waals surface area contributed by atoms with Crippen LogP contribution in [0, 0.1) is 0 Å². The molecule has 0 bridgehead atoms. The molecule has 2 N–H and O–H groups in total. The number of fused-ring (bicyclic) bond motifs is 1. The van der Waals surface area contributed by atoms with Gasteiger partial charge < -0.3 is 15.2 Å². The Morgan fingerprint density at radius 1 is 1.32 bits per heavy atom. The molecule has 2 heterocycles. The lowest BCUT2D eigenvalue weighted by molar-refractivity contribution is 0.181. The van der Waals surface area contributed by atoms with Gasteiger partial charge in [-0.25, -0.2) is 9.97 Å². The monoisotopic (exact) mass is 257 g/mol. The van der Waals surface area contributed by atoms with Crippen LogP contribution < -0.4 is 10.5 Å². The average molecular weight is 257 g/mol. The number of nitrogens with zero attached hydrogens (tertiary/aromatic N) is 2. The Labute approximate surface area is 111 Å². The van der Waals surface area contributed by atoms with Crippen molar-refractivity contribution in [2.75, 3.05) is 19.5 Å². The molecule has 1 aromatic heterocycles. The number of rotatable bonds is 3. The molecule has 1 aromatic carbocycles. The van der Waals surface area contributed by atoms with Crippen molar-refractivity contribution in [3.8, 4) is 17.1 Å². The van der Waals surface area contributed by atoms with Crippen LogP contribution in [-0.2, 0) is 17.8 Å². The minimum Gasteiger partial charge on any atom is -0.493 e. The van der Waals surface area contributed by atoms with Gasteiger partial charge in [0.05, 0.1) is 18.9 Å². The van der Waals surface area contributed by atoms with E-state index in [4.69, 9.17) is 15.2 Å². The molecule has 98 valence electrons. The first-order chi connectivity index (χ1) is 9.26. The zero-order valence-corrected chi connectivity index (χ0v) is 10.7. The molecule has 0 saturated heterocycles. The summed E-state index contributed by atoms with van der Waals surface area (Å²) in [5.74, 6) is 2.03. The quantitative estimate of drug-likeness (QED) is 0.908. The molecule has 3 rings (SSSR count). The van der Waals surface area contributed by atoms with Crippen molar-refractivity contribution in [3.05, 3.63) is 35.5 Å². The van der Waals surface area contributed by atoms with Crippen LogP contribution in [0.5, 0.6) is 5.75 Å². The van der Waals surface area contributed by atoms with Gasteiger partial charge in [-0.1, -0.05) is 0 Å². The highest BCUT2D eigenvalue weighted by atomic mass is 16.5. The molecule has 0 spiro atoms. The highest BCUT2D eigenvalue weighted by Gasteiger charge is 2.14. The van der Waals surface area contributed by atoms with E-state index in [2.05, 4.69) is 16.0 Å².